The summed E-state index contributed by atoms with van der Waals surface area (Å²) < 4.78 is 19.6. The second kappa shape index (κ2) is 16.4. The summed E-state index contributed by atoms with van der Waals surface area (Å²) >= 11 is 0. The van der Waals surface area contributed by atoms with Crippen LogP contribution < -0.4 is 10.6 Å². The third kappa shape index (κ3) is 8.43. The molecule has 262 valence electrons. The number of rotatable bonds is 13. The number of phenolic OH excluding ortho intramolecular Hbond substituents is 1. The molecular weight excluding hydrogens is 648 g/mol. The van der Waals surface area contributed by atoms with Gasteiger partial charge in [0.1, 0.15) is 24.1 Å². The van der Waals surface area contributed by atoms with E-state index in [9.17, 15) is 19.5 Å². The number of aliphatic hydroxyl groups excluding tert-OH is 1. The molecule has 0 bridgehead atoms. The lowest BCUT2D eigenvalue weighted by Gasteiger charge is -2.31. The average molecular weight is 689 g/mol. The number of aliphatic hydroxyl groups is 1. The van der Waals surface area contributed by atoms with Gasteiger partial charge in [-0.2, -0.15) is 0 Å². The van der Waals surface area contributed by atoms with Crippen LogP contribution in [0, 0.1) is 0 Å². The number of phenols is 1. The first-order valence-corrected chi connectivity index (χ1v) is 16.9. The summed E-state index contributed by atoms with van der Waals surface area (Å²) in [4.78, 5) is 39.0. The van der Waals surface area contributed by atoms with Crippen LogP contribution >= 0.6 is 0 Å². The van der Waals surface area contributed by atoms with Crippen LogP contribution in [0.1, 0.15) is 45.5 Å². The summed E-state index contributed by atoms with van der Waals surface area (Å²) in [5, 5.41) is 24.3. The lowest BCUT2D eigenvalue weighted by Crippen LogP contribution is -2.44. The lowest BCUT2D eigenvalue weighted by molar-refractivity contribution is -0.157. The SMILES string of the molecule is O=C(CCNC(=O)C1=C[C@H]2OC(c3ccccc3)(c3ccccc3)O[C@H]2[C@H](OC(=O)c2ccc(C=CCc3ccccc3O)cc2)C1)NCCO. The lowest BCUT2D eigenvalue weighted by atomic mass is 9.91. The number of hydrogen-bond donors (Lipinski definition) is 4. The Morgan fingerprint density at radius 2 is 1.49 bits per heavy atom. The van der Waals surface area contributed by atoms with E-state index in [4.69, 9.17) is 19.3 Å². The fourth-order valence-electron chi connectivity index (χ4n) is 6.22. The highest BCUT2D eigenvalue weighted by Crippen LogP contribution is 2.47. The Balaban J connectivity index is 1.22. The van der Waals surface area contributed by atoms with Gasteiger partial charge in [0.2, 0.25) is 17.6 Å². The number of amides is 2. The zero-order valence-electron chi connectivity index (χ0n) is 27.9. The predicted octanol–water partition coefficient (Wildman–Crippen LogP) is 4.80. The monoisotopic (exact) mass is 688 g/mol. The fourth-order valence-corrected chi connectivity index (χ4v) is 6.22. The number of benzene rings is 4. The number of hydrogen-bond acceptors (Lipinski definition) is 8. The molecule has 2 amide bonds. The van der Waals surface area contributed by atoms with Gasteiger partial charge in [0.25, 0.3) is 0 Å². The highest BCUT2D eigenvalue weighted by molar-refractivity contribution is 5.94. The van der Waals surface area contributed by atoms with Crippen molar-refractivity contribution in [2.75, 3.05) is 19.7 Å². The molecule has 0 spiro atoms. The molecule has 4 aromatic carbocycles. The highest BCUT2D eigenvalue weighted by Gasteiger charge is 2.54. The van der Waals surface area contributed by atoms with E-state index < -0.39 is 36.0 Å². The molecule has 4 aromatic rings. The van der Waals surface area contributed by atoms with Gasteiger partial charge < -0.3 is 35.1 Å². The maximum atomic E-state index is 13.6. The van der Waals surface area contributed by atoms with Crippen molar-refractivity contribution < 1.29 is 38.8 Å². The molecular formula is C41H40N2O8. The maximum absolute atomic E-state index is 13.6. The molecule has 1 heterocycles. The Morgan fingerprint density at radius 3 is 2.16 bits per heavy atom. The smallest absolute Gasteiger partial charge is 0.338 e. The van der Waals surface area contributed by atoms with Gasteiger partial charge in [0.05, 0.1) is 12.2 Å². The summed E-state index contributed by atoms with van der Waals surface area (Å²) in [6, 6.07) is 33.1. The Kier molecular flexibility index (Phi) is 11.4. The summed E-state index contributed by atoms with van der Waals surface area (Å²) in [6.07, 6.45) is 3.84. The van der Waals surface area contributed by atoms with Crippen molar-refractivity contribution in [1.82, 2.24) is 10.6 Å². The Bertz CT molecular complexity index is 1840. The Hall–Kier alpha value is -5.55. The van der Waals surface area contributed by atoms with Gasteiger partial charge in [0, 0.05) is 42.6 Å². The van der Waals surface area contributed by atoms with E-state index in [1.807, 2.05) is 97.1 Å². The number of allylic oxidation sites excluding steroid dienone is 1. The van der Waals surface area contributed by atoms with Crippen molar-refractivity contribution in [3.8, 4) is 5.75 Å². The van der Waals surface area contributed by atoms with Crippen molar-refractivity contribution in [2.24, 2.45) is 0 Å². The first-order chi connectivity index (χ1) is 24.9. The van der Waals surface area contributed by atoms with Gasteiger partial charge in [-0.1, -0.05) is 103 Å². The van der Waals surface area contributed by atoms with E-state index >= 15 is 0 Å². The molecule has 0 aromatic heterocycles. The molecule has 1 aliphatic heterocycles. The number of aromatic hydroxyl groups is 1. The molecule has 51 heavy (non-hydrogen) atoms. The van der Waals surface area contributed by atoms with Gasteiger partial charge >= 0.3 is 5.97 Å². The van der Waals surface area contributed by atoms with Crippen molar-refractivity contribution >= 4 is 23.9 Å². The van der Waals surface area contributed by atoms with Crippen LogP contribution in [0.15, 0.2) is 127 Å². The number of carbonyl (C=O) groups excluding carboxylic acids is 3. The van der Waals surface area contributed by atoms with Gasteiger partial charge in [-0.3, -0.25) is 9.59 Å². The second-order valence-electron chi connectivity index (χ2n) is 12.3. The van der Waals surface area contributed by atoms with Crippen LogP contribution in [0.5, 0.6) is 5.75 Å². The number of ether oxygens (including phenoxy) is 3. The zero-order valence-corrected chi connectivity index (χ0v) is 27.9. The van der Waals surface area contributed by atoms with Crippen LogP contribution in [-0.2, 0) is 36.0 Å². The first-order valence-electron chi connectivity index (χ1n) is 16.9. The summed E-state index contributed by atoms with van der Waals surface area (Å²) in [5.41, 5.74) is 3.84. The van der Waals surface area contributed by atoms with Crippen molar-refractivity contribution in [2.45, 2.75) is 43.4 Å². The van der Waals surface area contributed by atoms with Crippen LogP contribution in [0.25, 0.3) is 6.08 Å². The van der Waals surface area contributed by atoms with E-state index in [1.165, 1.54) is 0 Å². The molecule has 0 saturated carbocycles. The quantitative estimate of drug-likeness (QED) is 0.147. The predicted molar refractivity (Wildman–Crippen MR) is 190 cm³/mol. The van der Waals surface area contributed by atoms with E-state index in [2.05, 4.69) is 10.6 Å². The molecule has 4 N–H and O–H groups in total. The Labute approximate surface area is 296 Å². The van der Waals surface area contributed by atoms with E-state index in [-0.39, 0.29) is 44.2 Å². The molecule has 0 radical (unpaired) electrons. The van der Waals surface area contributed by atoms with Gasteiger partial charge in [-0.05, 0) is 41.8 Å². The molecule has 1 aliphatic carbocycles. The van der Waals surface area contributed by atoms with Crippen molar-refractivity contribution in [3.63, 3.8) is 0 Å². The minimum absolute atomic E-state index is 0.0358. The molecule has 1 saturated heterocycles. The third-order valence-corrected chi connectivity index (χ3v) is 8.80. The molecule has 6 rings (SSSR count). The van der Waals surface area contributed by atoms with Crippen LogP contribution in [0.3, 0.4) is 0 Å². The van der Waals surface area contributed by atoms with Crippen molar-refractivity contribution in [3.05, 3.63) is 155 Å². The molecule has 0 unspecified atom stereocenters. The van der Waals surface area contributed by atoms with E-state index in [1.54, 1.807) is 30.3 Å². The summed E-state index contributed by atoms with van der Waals surface area (Å²) in [5.74, 6) is -2.38. The van der Waals surface area contributed by atoms with E-state index in [0.29, 0.717) is 17.6 Å². The van der Waals surface area contributed by atoms with Crippen LogP contribution in [-0.4, -0.2) is 66.0 Å². The Morgan fingerprint density at radius 1 is 0.824 bits per heavy atom. The third-order valence-electron chi connectivity index (χ3n) is 8.80. The molecule has 10 heteroatoms. The van der Waals surface area contributed by atoms with Gasteiger partial charge in [-0.15, -0.1) is 0 Å². The van der Waals surface area contributed by atoms with Crippen LogP contribution in [0.2, 0.25) is 0 Å². The molecule has 1 fully saturated rings. The minimum atomic E-state index is -1.33. The summed E-state index contributed by atoms with van der Waals surface area (Å²) in [7, 11) is 0. The van der Waals surface area contributed by atoms with Gasteiger partial charge in [-0.25, -0.2) is 4.79 Å². The largest absolute Gasteiger partial charge is 0.508 e. The zero-order chi connectivity index (χ0) is 35.6. The van der Waals surface area contributed by atoms with E-state index in [0.717, 1.165) is 22.3 Å². The fraction of sp³-hybridized carbons (Fsp3) is 0.244. The average Bonchev–Trinajstić information content (AvgIpc) is 3.57. The molecule has 10 nitrogen and oxygen atoms in total. The first kappa shape index (κ1) is 35.3. The summed E-state index contributed by atoms with van der Waals surface area (Å²) in [6.45, 7) is 0.0366. The van der Waals surface area contributed by atoms with Crippen molar-refractivity contribution in [1.29, 1.82) is 0 Å². The minimum Gasteiger partial charge on any atom is -0.508 e. The van der Waals surface area contributed by atoms with Gasteiger partial charge in [0.15, 0.2) is 0 Å². The van der Waals surface area contributed by atoms with Crippen LogP contribution in [0.4, 0.5) is 0 Å². The maximum Gasteiger partial charge on any atom is 0.338 e. The standard InChI is InChI=1S/C41H40N2O8/c44-25-24-42-37(46)22-23-43-39(47)31-26-35(49-40(48)30-20-18-28(19-21-30)10-9-12-29-11-7-8-17-34(29)45)38-36(27-31)50-41(51-38,32-13-3-1-4-14-32)33-15-5-2-6-16-33/h1-11,13-21,27,35-36,38,44-45H,12,22-26H2,(H,42,46)(H,43,47)/t35-,36-,38+/m1/s1. The molecule has 3 atom stereocenters. The normalized spacial score (nSPS) is 19.2. The second-order valence-corrected chi connectivity index (χ2v) is 12.3. The number of fused-ring (bicyclic) bond motifs is 1. The number of esters is 1. The number of nitrogens with one attached hydrogen (secondary N) is 2. The highest BCUT2D eigenvalue weighted by atomic mass is 16.8. The number of para-hydroxylation sites is 1. The topological polar surface area (TPSA) is 143 Å². The number of carbonyl (C=O) groups is 3. The molecule has 2 aliphatic rings.